The van der Waals surface area contributed by atoms with Gasteiger partial charge in [0.25, 0.3) is 0 Å². The second-order valence-electron chi connectivity index (χ2n) is 6.29. The zero-order valence-electron chi connectivity index (χ0n) is 10.5. The third-order valence-corrected chi connectivity index (χ3v) is 4.81. The summed E-state index contributed by atoms with van der Waals surface area (Å²) in [5, 5.41) is 19.3. The van der Waals surface area contributed by atoms with Crippen LogP contribution in [0.4, 0.5) is 0 Å². The van der Waals surface area contributed by atoms with Gasteiger partial charge in [0.05, 0.1) is 11.6 Å². The summed E-state index contributed by atoms with van der Waals surface area (Å²) in [5.41, 5.74) is 0.614. The van der Waals surface area contributed by atoms with Crippen LogP contribution >= 0.6 is 0 Å². The van der Waals surface area contributed by atoms with E-state index in [-0.39, 0.29) is 10.8 Å². The zero-order valence-corrected chi connectivity index (χ0v) is 10.5. The highest BCUT2D eigenvalue weighted by Crippen LogP contribution is 2.58. The first kappa shape index (κ1) is 11.5. The van der Waals surface area contributed by atoms with Gasteiger partial charge in [-0.3, -0.25) is 0 Å². The minimum absolute atomic E-state index is 0.221. The molecular formula is C14H21NO. The highest BCUT2D eigenvalue weighted by molar-refractivity contribution is 5.33. The minimum Gasteiger partial charge on any atom is -0.511 e. The van der Waals surface area contributed by atoms with E-state index < -0.39 is 0 Å². The number of allylic oxidation sites excluding steroid dienone is 2. The van der Waals surface area contributed by atoms with E-state index in [9.17, 15) is 5.11 Å². The fourth-order valence-electron chi connectivity index (χ4n) is 3.98. The largest absolute Gasteiger partial charge is 0.511 e. The molecule has 2 aliphatic carbocycles. The fourth-order valence-corrected chi connectivity index (χ4v) is 3.98. The lowest BCUT2D eigenvalue weighted by Gasteiger charge is -2.52. The fraction of sp³-hybridized carbons (Fsp3) is 0.786. The van der Waals surface area contributed by atoms with E-state index in [0.29, 0.717) is 17.3 Å². The van der Waals surface area contributed by atoms with Crippen molar-refractivity contribution in [2.45, 2.75) is 52.9 Å². The number of aliphatic hydroxyl groups is 1. The Morgan fingerprint density at radius 2 is 2.00 bits per heavy atom. The van der Waals surface area contributed by atoms with Gasteiger partial charge in [-0.1, -0.05) is 33.6 Å². The molecule has 0 aromatic heterocycles. The predicted molar refractivity (Wildman–Crippen MR) is 63.7 cm³/mol. The number of aliphatic hydroxyl groups excluding tert-OH is 1. The number of nitrogens with zero attached hydrogens (tertiary/aromatic N) is 1. The Kier molecular flexibility index (Phi) is 2.53. The van der Waals surface area contributed by atoms with Gasteiger partial charge in [-0.15, -0.1) is 0 Å². The standard InChI is InChI=1S/C14H21NO/c1-13(2)11-6-4-5-7-14(11,3)8-10(9-15)12(13)16/h11,16H,4-8H2,1-3H3/t11-,14-/m0/s1. The van der Waals surface area contributed by atoms with Gasteiger partial charge in [-0.05, 0) is 30.6 Å². The van der Waals surface area contributed by atoms with Crippen LogP contribution in [0.5, 0.6) is 0 Å². The summed E-state index contributed by atoms with van der Waals surface area (Å²) in [7, 11) is 0. The van der Waals surface area contributed by atoms with E-state index in [1.807, 2.05) is 0 Å². The average molecular weight is 219 g/mol. The van der Waals surface area contributed by atoms with E-state index in [0.717, 1.165) is 6.42 Å². The number of hydrogen-bond donors (Lipinski definition) is 1. The molecule has 2 nitrogen and oxygen atoms in total. The van der Waals surface area contributed by atoms with Crippen LogP contribution in [-0.2, 0) is 0 Å². The Hall–Kier alpha value is -0.970. The first-order valence-corrected chi connectivity index (χ1v) is 6.24. The van der Waals surface area contributed by atoms with Crippen LogP contribution in [0.15, 0.2) is 11.3 Å². The number of nitriles is 1. The second kappa shape index (κ2) is 3.52. The van der Waals surface area contributed by atoms with E-state index in [1.165, 1.54) is 25.7 Å². The van der Waals surface area contributed by atoms with Crippen molar-refractivity contribution < 1.29 is 5.11 Å². The zero-order chi connectivity index (χ0) is 12.0. The molecule has 0 aromatic carbocycles. The summed E-state index contributed by atoms with van der Waals surface area (Å²) >= 11 is 0. The third kappa shape index (κ3) is 1.45. The van der Waals surface area contributed by atoms with Gasteiger partial charge in [-0.2, -0.15) is 5.26 Å². The van der Waals surface area contributed by atoms with Crippen molar-refractivity contribution in [3.63, 3.8) is 0 Å². The Labute approximate surface area is 98.0 Å². The molecule has 88 valence electrons. The Morgan fingerprint density at radius 1 is 1.31 bits per heavy atom. The molecule has 0 radical (unpaired) electrons. The van der Waals surface area contributed by atoms with Crippen LogP contribution in [0.25, 0.3) is 0 Å². The molecule has 0 aliphatic heterocycles. The quantitative estimate of drug-likeness (QED) is 0.670. The summed E-state index contributed by atoms with van der Waals surface area (Å²) in [6.45, 7) is 6.47. The minimum atomic E-state index is -0.224. The van der Waals surface area contributed by atoms with E-state index >= 15 is 0 Å². The highest BCUT2D eigenvalue weighted by atomic mass is 16.3. The summed E-state index contributed by atoms with van der Waals surface area (Å²) in [4.78, 5) is 0. The molecule has 0 heterocycles. The number of fused-ring (bicyclic) bond motifs is 1. The Bertz CT molecular complexity index is 375. The molecule has 2 rings (SSSR count). The molecule has 2 atom stereocenters. The van der Waals surface area contributed by atoms with Crippen LogP contribution in [-0.4, -0.2) is 5.11 Å². The second-order valence-corrected chi connectivity index (χ2v) is 6.29. The van der Waals surface area contributed by atoms with Gasteiger partial charge < -0.3 is 5.11 Å². The highest BCUT2D eigenvalue weighted by Gasteiger charge is 2.51. The maximum Gasteiger partial charge on any atom is 0.112 e. The molecule has 1 fully saturated rings. The molecule has 0 saturated heterocycles. The van der Waals surface area contributed by atoms with Crippen LogP contribution in [0, 0.1) is 28.1 Å². The summed E-state index contributed by atoms with van der Waals surface area (Å²) in [6, 6.07) is 2.20. The van der Waals surface area contributed by atoms with Crippen molar-refractivity contribution in [3.05, 3.63) is 11.3 Å². The van der Waals surface area contributed by atoms with Gasteiger partial charge >= 0.3 is 0 Å². The molecular weight excluding hydrogens is 198 g/mol. The van der Waals surface area contributed by atoms with Crippen LogP contribution in [0.2, 0.25) is 0 Å². The lowest BCUT2D eigenvalue weighted by atomic mass is 9.52. The molecule has 0 unspecified atom stereocenters. The van der Waals surface area contributed by atoms with Crippen molar-refractivity contribution in [1.82, 2.24) is 0 Å². The monoisotopic (exact) mass is 219 g/mol. The van der Waals surface area contributed by atoms with Crippen molar-refractivity contribution >= 4 is 0 Å². The van der Waals surface area contributed by atoms with Gasteiger partial charge in [0.1, 0.15) is 5.76 Å². The van der Waals surface area contributed by atoms with Crippen LogP contribution in [0.3, 0.4) is 0 Å². The van der Waals surface area contributed by atoms with Crippen molar-refractivity contribution in [3.8, 4) is 6.07 Å². The first-order chi connectivity index (χ1) is 7.42. The molecule has 0 amide bonds. The SMILES string of the molecule is CC1(C)C(O)=C(C#N)C[C@]2(C)CCCC[C@@H]12. The number of hydrogen-bond acceptors (Lipinski definition) is 2. The topological polar surface area (TPSA) is 44.0 Å². The van der Waals surface area contributed by atoms with E-state index in [1.54, 1.807) is 0 Å². The molecule has 0 spiro atoms. The number of rotatable bonds is 0. The van der Waals surface area contributed by atoms with E-state index in [4.69, 9.17) is 5.26 Å². The van der Waals surface area contributed by atoms with Gasteiger partial charge in [0.15, 0.2) is 0 Å². The maximum atomic E-state index is 10.2. The van der Waals surface area contributed by atoms with Crippen molar-refractivity contribution in [2.75, 3.05) is 0 Å². The predicted octanol–water partition coefficient (Wildman–Crippen LogP) is 3.95. The first-order valence-electron chi connectivity index (χ1n) is 6.24. The van der Waals surface area contributed by atoms with Crippen LogP contribution in [0.1, 0.15) is 52.9 Å². The molecule has 0 aromatic rings. The molecule has 16 heavy (non-hydrogen) atoms. The average Bonchev–Trinajstić information content (AvgIpc) is 2.24. The summed E-state index contributed by atoms with van der Waals surface area (Å²) in [6.07, 6.45) is 5.68. The lowest BCUT2D eigenvalue weighted by Crippen LogP contribution is -2.45. The maximum absolute atomic E-state index is 10.2. The molecule has 2 heteroatoms. The molecule has 0 bridgehead atoms. The molecule has 1 N–H and O–H groups in total. The molecule has 1 saturated carbocycles. The summed E-state index contributed by atoms with van der Waals surface area (Å²) < 4.78 is 0. The molecule has 2 aliphatic rings. The van der Waals surface area contributed by atoms with Crippen molar-refractivity contribution in [2.24, 2.45) is 16.7 Å². The van der Waals surface area contributed by atoms with E-state index in [2.05, 4.69) is 26.8 Å². The van der Waals surface area contributed by atoms with Gasteiger partial charge in [0, 0.05) is 5.41 Å². The van der Waals surface area contributed by atoms with Gasteiger partial charge in [0.2, 0.25) is 0 Å². The smallest absolute Gasteiger partial charge is 0.112 e. The Morgan fingerprint density at radius 3 is 2.62 bits per heavy atom. The van der Waals surface area contributed by atoms with Crippen molar-refractivity contribution in [1.29, 1.82) is 5.26 Å². The third-order valence-electron chi connectivity index (χ3n) is 4.81. The van der Waals surface area contributed by atoms with Crippen LogP contribution < -0.4 is 0 Å². The van der Waals surface area contributed by atoms with Gasteiger partial charge in [-0.25, -0.2) is 0 Å². The Balaban J connectivity index is 2.48. The summed E-state index contributed by atoms with van der Waals surface area (Å²) in [5.74, 6) is 0.866. The normalized spacial score (nSPS) is 37.8. The lowest BCUT2D eigenvalue weighted by molar-refractivity contribution is -0.00349.